The standard InChI is InChI=1S/C13H23N5O/c1-6-9-10(14-4)17-8-18-11(9)16-7-13(2,3)12(19)15-5/h8H,6-7H2,1-5H3,(H,15,19)(H2,14,16,17,18). The topological polar surface area (TPSA) is 78.9 Å². The molecule has 0 saturated carbocycles. The molecule has 0 radical (unpaired) electrons. The minimum absolute atomic E-state index is 0.000875. The van der Waals surface area contributed by atoms with Crippen molar-refractivity contribution in [1.29, 1.82) is 0 Å². The van der Waals surface area contributed by atoms with E-state index in [1.54, 1.807) is 7.05 Å². The predicted octanol–water partition coefficient (Wildman–Crippen LogP) is 1.26. The smallest absolute Gasteiger partial charge is 0.227 e. The molecule has 0 atom stereocenters. The van der Waals surface area contributed by atoms with Crippen molar-refractivity contribution in [3.05, 3.63) is 11.9 Å². The highest BCUT2D eigenvalue weighted by Crippen LogP contribution is 2.22. The van der Waals surface area contributed by atoms with E-state index in [1.807, 2.05) is 20.9 Å². The third-order valence-corrected chi connectivity index (χ3v) is 3.08. The number of amides is 1. The van der Waals surface area contributed by atoms with Crippen LogP contribution in [-0.4, -0.2) is 36.5 Å². The van der Waals surface area contributed by atoms with Gasteiger partial charge in [0.2, 0.25) is 5.91 Å². The Balaban J connectivity index is 2.86. The summed E-state index contributed by atoms with van der Waals surface area (Å²) >= 11 is 0. The minimum Gasteiger partial charge on any atom is -0.373 e. The zero-order chi connectivity index (χ0) is 14.5. The summed E-state index contributed by atoms with van der Waals surface area (Å²) in [6.07, 6.45) is 2.33. The first kappa shape index (κ1) is 15.2. The summed E-state index contributed by atoms with van der Waals surface area (Å²) in [6.45, 7) is 6.35. The molecule has 0 aromatic carbocycles. The average molecular weight is 265 g/mol. The van der Waals surface area contributed by atoms with Crippen LogP contribution in [0, 0.1) is 5.41 Å². The van der Waals surface area contributed by atoms with Crippen LogP contribution in [0.1, 0.15) is 26.3 Å². The van der Waals surface area contributed by atoms with Crippen LogP contribution in [0.25, 0.3) is 0 Å². The number of hydrogen-bond donors (Lipinski definition) is 3. The minimum atomic E-state index is -0.496. The van der Waals surface area contributed by atoms with E-state index >= 15 is 0 Å². The van der Waals surface area contributed by atoms with E-state index in [9.17, 15) is 4.79 Å². The molecule has 0 saturated heterocycles. The summed E-state index contributed by atoms with van der Waals surface area (Å²) in [5.74, 6) is 1.59. The fourth-order valence-electron chi connectivity index (χ4n) is 1.84. The first-order chi connectivity index (χ1) is 8.96. The van der Waals surface area contributed by atoms with Gasteiger partial charge in [-0.05, 0) is 20.3 Å². The molecule has 0 fully saturated rings. The fraction of sp³-hybridized carbons (Fsp3) is 0.615. The second-order valence-corrected chi connectivity index (χ2v) is 4.97. The second kappa shape index (κ2) is 6.36. The normalized spacial score (nSPS) is 11.0. The van der Waals surface area contributed by atoms with Gasteiger partial charge in [-0.1, -0.05) is 6.92 Å². The Kier molecular flexibility index (Phi) is 5.09. The number of rotatable bonds is 6. The van der Waals surface area contributed by atoms with Crippen LogP contribution in [0.15, 0.2) is 6.33 Å². The molecule has 6 nitrogen and oxygen atoms in total. The molecule has 0 aliphatic heterocycles. The molecule has 0 aliphatic carbocycles. The molecule has 1 amide bonds. The number of anilines is 2. The van der Waals surface area contributed by atoms with Crippen molar-refractivity contribution in [2.24, 2.45) is 5.41 Å². The third-order valence-electron chi connectivity index (χ3n) is 3.08. The lowest BCUT2D eigenvalue weighted by Crippen LogP contribution is -2.39. The Hall–Kier alpha value is -1.85. The van der Waals surface area contributed by atoms with Gasteiger partial charge in [-0.3, -0.25) is 4.79 Å². The van der Waals surface area contributed by atoms with Gasteiger partial charge < -0.3 is 16.0 Å². The summed E-state index contributed by atoms with van der Waals surface area (Å²) in [4.78, 5) is 20.2. The zero-order valence-corrected chi connectivity index (χ0v) is 12.3. The summed E-state index contributed by atoms with van der Waals surface area (Å²) in [6, 6.07) is 0. The van der Waals surface area contributed by atoms with Gasteiger partial charge in [0.1, 0.15) is 18.0 Å². The maximum absolute atomic E-state index is 11.7. The lowest BCUT2D eigenvalue weighted by atomic mass is 9.92. The van der Waals surface area contributed by atoms with Gasteiger partial charge in [0.25, 0.3) is 0 Å². The van der Waals surface area contributed by atoms with Crippen molar-refractivity contribution in [1.82, 2.24) is 15.3 Å². The molecule has 0 spiro atoms. The molecule has 1 aromatic rings. The SMILES string of the molecule is CCc1c(NC)ncnc1NCC(C)(C)C(=O)NC. The second-order valence-electron chi connectivity index (χ2n) is 4.97. The number of aromatic nitrogens is 2. The lowest BCUT2D eigenvalue weighted by Gasteiger charge is -2.24. The number of carbonyl (C=O) groups excluding carboxylic acids is 1. The van der Waals surface area contributed by atoms with Crippen molar-refractivity contribution >= 4 is 17.5 Å². The predicted molar refractivity (Wildman–Crippen MR) is 77.3 cm³/mol. The van der Waals surface area contributed by atoms with Crippen LogP contribution in [0.5, 0.6) is 0 Å². The van der Waals surface area contributed by atoms with Crippen LogP contribution in [-0.2, 0) is 11.2 Å². The van der Waals surface area contributed by atoms with Crippen LogP contribution >= 0.6 is 0 Å². The monoisotopic (exact) mass is 265 g/mol. The summed E-state index contributed by atoms with van der Waals surface area (Å²) in [5, 5.41) is 8.96. The van der Waals surface area contributed by atoms with E-state index < -0.39 is 5.41 Å². The van der Waals surface area contributed by atoms with Gasteiger partial charge in [-0.15, -0.1) is 0 Å². The number of nitrogens with zero attached hydrogens (tertiary/aromatic N) is 2. The van der Waals surface area contributed by atoms with Gasteiger partial charge in [-0.2, -0.15) is 0 Å². The van der Waals surface area contributed by atoms with Gasteiger partial charge in [0.15, 0.2) is 0 Å². The van der Waals surface area contributed by atoms with Gasteiger partial charge in [-0.25, -0.2) is 9.97 Å². The average Bonchev–Trinajstić information content (AvgIpc) is 2.43. The van der Waals surface area contributed by atoms with E-state index in [-0.39, 0.29) is 5.91 Å². The molecule has 0 unspecified atom stereocenters. The van der Waals surface area contributed by atoms with Crippen LogP contribution < -0.4 is 16.0 Å². The van der Waals surface area contributed by atoms with Gasteiger partial charge in [0.05, 0.1) is 5.41 Å². The van der Waals surface area contributed by atoms with E-state index in [0.717, 1.165) is 23.6 Å². The van der Waals surface area contributed by atoms with Crippen molar-refractivity contribution in [3.63, 3.8) is 0 Å². The van der Waals surface area contributed by atoms with E-state index in [1.165, 1.54) is 6.33 Å². The summed E-state index contributed by atoms with van der Waals surface area (Å²) in [7, 11) is 3.48. The Morgan fingerprint density at radius 2 is 1.89 bits per heavy atom. The van der Waals surface area contributed by atoms with Crippen molar-refractivity contribution in [2.75, 3.05) is 31.3 Å². The number of carbonyl (C=O) groups is 1. The molecule has 1 rings (SSSR count). The summed E-state index contributed by atoms with van der Waals surface area (Å²) < 4.78 is 0. The van der Waals surface area contributed by atoms with Gasteiger partial charge in [0, 0.05) is 26.2 Å². The van der Waals surface area contributed by atoms with E-state index in [2.05, 4.69) is 32.8 Å². The van der Waals surface area contributed by atoms with E-state index in [0.29, 0.717) is 6.54 Å². The molecule has 1 aromatic heterocycles. The molecule has 3 N–H and O–H groups in total. The summed E-state index contributed by atoms with van der Waals surface area (Å²) in [5.41, 5.74) is 0.530. The highest BCUT2D eigenvalue weighted by Gasteiger charge is 2.26. The first-order valence-electron chi connectivity index (χ1n) is 6.44. The molecule has 0 aliphatic rings. The quantitative estimate of drug-likeness (QED) is 0.722. The molecule has 19 heavy (non-hydrogen) atoms. The van der Waals surface area contributed by atoms with Crippen molar-refractivity contribution in [3.8, 4) is 0 Å². The molecule has 1 heterocycles. The Labute approximate surface area is 114 Å². The van der Waals surface area contributed by atoms with Crippen LogP contribution in [0.2, 0.25) is 0 Å². The Morgan fingerprint density at radius 3 is 2.42 bits per heavy atom. The Morgan fingerprint density at radius 1 is 1.26 bits per heavy atom. The molecular weight excluding hydrogens is 242 g/mol. The highest BCUT2D eigenvalue weighted by molar-refractivity contribution is 5.82. The molecule has 106 valence electrons. The van der Waals surface area contributed by atoms with Crippen LogP contribution in [0.3, 0.4) is 0 Å². The highest BCUT2D eigenvalue weighted by atomic mass is 16.2. The zero-order valence-electron chi connectivity index (χ0n) is 12.3. The maximum atomic E-state index is 11.7. The number of nitrogens with one attached hydrogen (secondary N) is 3. The van der Waals surface area contributed by atoms with Crippen LogP contribution in [0.4, 0.5) is 11.6 Å². The molecule has 6 heteroatoms. The van der Waals surface area contributed by atoms with E-state index in [4.69, 9.17) is 0 Å². The largest absolute Gasteiger partial charge is 0.373 e. The molecular formula is C13H23N5O. The van der Waals surface area contributed by atoms with Gasteiger partial charge >= 0.3 is 0 Å². The van der Waals surface area contributed by atoms with Crippen molar-refractivity contribution < 1.29 is 4.79 Å². The fourth-order valence-corrected chi connectivity index (χ4v) is 1.84. The lowest BCUT2D eigenvalue weighted by molar-refractivity contribution is -0.128. The third kappa shape index (κ3) is 3.56. The number of hydrogen-bond acceptors (Lipinski definition) is 5. The maximum Gasteiger partial charge on any atom is 0.227 e. The first-order valence-corrected chi connectivity index (χ1v) is 6.44. The van der Waals surface area contributed by atoms with Crippen molar-refractivity contribution in [2.45, 2.75) is 27.2 Å². The Bertz CT molecular complexity index is 445. The molecule has 0 bridgehead atoms.